The van der Waals surface area contributed by atoms with Gasteiger partial charge in [0.05, 0.1) is 21.6 Å². The van der Waals surface area contributed by atoms with E-state index >= 15 is 0 Å². The monoisotopic (exact) mass is 566 g/mol. The second kappa shape index (κ2) is 10.3. The number of benzene rings is 1. The maximum atomic E-state index is 14.4. The van der Waals surface area contributed by atoms with Crippen LogP contribution >= 0.6 is 15.9 Å². The Kier molecular flexibility index (Phi) is 6.96. The molecule has 1 saturated carbocycles. The predicted molar refractivity (Wildman–Crippen MR) is 138 cm³/mol. The average Bonchev–Trinajstić information content (AvgIpc) is 3.61. The molecule has 1 aromatic carbocycles. The molecule has 1 atom stereocenters. The lowest BCUT2D eigenvalue weighted by molar-refractivity contribution is -0.390. The molecule has 9 nitrogen and oxygen atoms in total. The first kappa shape index (κ1) is 24.9. The summed E-state index contributed by atoms with van der Waals surface area (Å²) < 4.78 is 22.9. The van der Waals surface area contributed by atoms with Crippen molar-refractivity contribution < 1.29 is 14.1 Å². The lowest BCUT2D eigenvalue weighted by Crippen LogP contribution is -2.09. The lowest BCUT2D eigenvalue weighted by atomic mass is 9.97. The van der Waals surface area contributed by atoms with Gasteiger partial charge in [0.1, 0.15) is 11.9 Å². The van der Waals surface area contributed by atoms with Crippen molar-refractivity contribution in [3.05, 3.63) is 92.0 Å². The lowest BCUT2D eigenvalue weighted by Gasteiger charge is -2.19. The van der Waals surface area contributed by atoms with Crippen LogP contribution in [0.4, 0.5) is 10.2 Å². The molecule has 4 aromatic rings. The Morgan fingerprint density at radius 3 is 2.78 bits per heavy atom. The van der Waals surface area contributed by atoms with Crippen LogP contribution in [0.2, 0.25) is 0 Å². The molecule has 5 rings (SSSR count). The van der Waals surface area contributed by atoms with Crippen LogP contribution in [0.1, 0.15) is 48.4 Å². The van der Waals surface area contributed by atoms with E-state index in [9.17, 15) is 14.5 Å². The summed E-state index contributed by atoms with van der Waals surface area (Å²) in [6, 6.07) is 5.81. The van der Waals surface area contributed by atoms with E-state index in [-0.39, 0.29) is 5.75 Å². The molecule has 0 aliphatic heterocycles. The van der Waals surface area contributed by atoms with Gasteiger partial charge in [-0.15, -0.1) is 0 Å². The number of hydrogen-bond acceptors (Lipinski definition) is 7. The highest BCUT2D eigenvalue weighted by molar-refractivity contribution is 9.10. The summed E-state index contributed by atoms with van der Waals surface area (Å²) in [6.07, 6.45) is 8.84. The Bertz CT molecular complexity index is 1470. The molecule has 11 heteroatoms. The number of ether oxygens (including phenoxy) is 1. The van der Waals surface area contributed by atoms with Gasteiger partial charge in [-0.3, -0.25) is 14.6 Å². The predicted octanol–water partition coefficient (Wildman–Crippen LogP) is 5.99. The zero-order valence-electron chi connectivity index (χ0n) is 20.3. The van der Waals surface area contributed by atoms with Gasteiger partial charge in [-0.1, -0.05) is 0 Å². The molecular formula is C26H24BrFN6O3. The van der Waals surface area contributed by atoms with E-state index < -0.39 is 22.7 Å². The van der Waals surface area contributed by atoms with Gasteiger partial charge in [-0.25, -0.2) is 4.39 Å². The molecular weight excluding hydrogens is 543 g/mol. The molecule has 3 heterocycles. The third kappa shape index (κ3) is 5.66. The fraction of sp³-hybridized carbons (Fsp3) is 0.308. The molecule has 0 spiro atoms. The largest absolute Gasteiger partial charge is 0.478 e. The summed E-state index contributed by atoms with van der Waals surface area (Å²) in [5.41, 5.74) is 4.40. The summed E-state index contributed by atoms with van der Waals surface area (Å²) >= 11 is 3.27. The highest BCUT2D eigenvalue weighted by Crippen LogP contribution is 2.36. The van der Waals surface area contributed by atoms with Gasteiger partial charge in [0.15, 0.2) is 6.20 Å². The Balaban J connectivity index is 1.49. The SMILES string of the molecule is Cc1nn(CC2CC2)cc1Cc1nccnc1-c1ccc(F)cc1[C@@H](C)Oc1cc(Br)cnc1[N+](=O)[O-]. The van der Waals surface area contributed by atoms with Gasteiger partial charge in [-0.05, 0) is 82.2 Å². The number of rotatable bonds is 9. The number of aryl methyl sites for hydroxylation is 1. The second-order valence-corrected chi connectivity index (χ2v) is 10.1. The van der Waals surface area contributed by atoms with Crippen molar-refractivity contribution in [3.8, 4) is 17.0 Å². The van der Waals surface area contributed by atoms with Crippen LogP contribution in [0.25, 0.3) is 11.3 Å². The molecule has 0 saturated heterocycles. The highest BCUT2D eigenvalue weighted by Gasteiger charge is 2.25. The van der Waals surface area contributed by atoms with Crippen LogP contribution in [-0.4, -0.2) is 29.7 Å². The number of nitrogens with zero attached hydrogens (tertiary/aromatic N) is 6. The third-order valence-corrected chi connectivity index (χ3v) is 6.74. The molecule has 1 aliphatic rings. The van der Waals surface area contributed by atoms with Crippen molar-refractivity contribution in [3.63, 3.8) is 0 Å². The van der Waals surface area contributed by atoms with E-state index in [4.69, 9.17) is 4.74 Å². The maximum absolute atomic E-state index is 14.4. The number of halogens is 2. The van der Waals surface area contributed by atoms with Crippen LogP contribution in [-0.2, 0) is 13.0 Å². The number of hydrogen-bond donors (Lipinski definition) is 0. The van der Waals surface area contributed by atoms with Crippen molar-refractivity contribution in [2.45, 2.75) is 45.8 Å². The van der Waals surface area contributed by atoms with E-state index in [2.05, 4.69) is 42.2 Å². The minimum Gasteiger partial charge on any atom is -0.478 e. The molecule has 1 fully saturated rings. The number of aromatic nitrogens is 5. The first-order valence-corrected chi connectivity index (χ1v) is 12.7. The Morgan fingerprint density at radius 2 is 2.03 bits per heavy atom. The zero-order valence-corrected chi connectivity index (χ0v) is 21.9. The van der Waals surface area contributed by atoms with E-state index in [0.717, 1.165) is 17.8 Å². The van der Waals surface area contributed by atoms with Crippen molar-refractivity contribution in [2.75, 3.05) is 0 Å². The Hall–Kier alpha value is -3.73. The van der Waals surface area contributed by atoms with E-state index in [1.165, 1.54) is 37.2 Å². The van der Waals surface area contributed by atoms with Crippen molar-refractivity contribution in [1.29, 1.82) is 0 Å². The molecule has 37 heavy (non-hydrogen) atoms. The molecule has 1 aliphatic carbocycles. The van der Waals surface area contributed by atoms with Crippen LogP contribution in [0.15, 0.2) is 53.5 Å². The summed E-state index contributed by atoms with van der Waals surface area (Å²) in [7, 11) is 0. The quantitative estimate of drug-likeness (QED) is 0.180. The van der Waals surface area contributed by atoms with Gasteiger partial charge >= 0.3 is 5.82 Å². The normalized spacial score (nSPS) is 13.9. The van der Waals surface area contributed by atoms with Gasteiger partial charge in [0.2, 0.25) is 5.75 Å². The molecule has 0 N–H and O–H groups in total. The zero-order chi connectivity index (χ0) is 26.1. The molecule has 0 radical (unpaired) electrons. The van der Waals surface area contributed by atoms with Crippen molar-refractivity contribution in [2.24, 2.45) is 5.92 Å². The first-order valence-electron chi connectivity index (χ1n) is 11.9. The molecule has 0 amide bonds. The second-order valence-electron chi connectivity index (χ2n) is 9.16. The van der Waals surface area contributed by atoms with E-state index in [0.29, 0.717) is 39.3 Å². The fourth-order valence-corrected chi connectivity index (χ4v) is 4.58. The number of nitro groups is 1. The summed E-state index contributed by atoms with van der Waals surface area (Å²) in [6.45, 7) is 4.60. The third-order valence-electron chi connectivity index (χ3n) is 6.31. The summed E-state index contributed by atoms with van der Waals surface area (Å²) in [5, 5.41) is 16.1. The Morgan fingerprint density at radius 1 is 1.24 bits per heavy atom. The summed E-state index contributed by atoms with van der Waals surface area (Å²) in [5.74, 6) is -0.204. The minimum absolute atomic E-state index is 0.0276. The van der Waals surface area contributed by atoms with E-state index in [1.54, 1.807) is 25.4 Å². The highest BCUT2D eigenvalue weighted by atomic mass is 79.9. The number of pyridine rings is 1. The summed E-state index contributed by atoms with van der Waals surface area (Å²) in [4.78, 5) is 23.9. The molecule has 3 aromatic heterocycles. The fourth-order valence-electron chi connectivity index (χ4n) is 4.27. The molecule has 0 bridgehead atoms. The minimum atomic E-state index is -0.751. The van der Waals surface area contributed by atoms with Gasteiger partial charge < -0.3 is 14.9 Å². The van der Waals surface area contributed by atoms with Crippen LogP contribution < -0.4 is 4.74 Å². The standard InChI is InChI=1S/C26H24BrFN6O3/c1-15-18(14-33(32-15)13-17-3-4-17)9-23-25(30-8-7-29-23)21-6-5-20(28)11-22(21)16(2)37-24-10-19(27)12-31-26(24)34(35)36/h5-8,10-12,14,16-17H,3-4,9,13H2,1-2H3/t16-/m1/s1. The smallest absolute Gasteiger partial charge is 0.406 e. The first-order chi connectivity index (χ1) is 17.8. The molecule has 0 unspecified atom stereocenters. The topological polar surface area (TPSA) is 109 Å². The van der Waals surface area contributed by atoms with Gasteiger partial charge in [-0.2, -0.15) is 5.10 Å². The molecule has 190 valence electrons. The van der Waals surface area contributed by atoms with Crippen LogP contribution in [0.3, 0.4) is 0 Å². The average molecular weight is 567 g/mol. The van der Waals surface area contributed by atoms with Crippen LogP contribution in [0, 0.1) is 28.8 Å². The maximum Gasteiger partial charge on any atom is 0.406 e. The van der Waals surface area contributed by atoms with Crippen LogP contribution in [0.5, 0.6) is 5.75 Å². The van der Waals surface area contributed by atoms with Gasteiger partial charge in [0, 0.05) is 48.7 Å². The van der Waals surface area contributed by atoms with E-state index in [1.807, 2.05) is 11.6 Å². The Labute approximate surface area is 221 Å². The van der Waals surface area contributed by atoms with Gasteiger partial charge in [0.25, 0.3) is 0 Å². The van der Waals surface area contributed by atoms with Crippen molar-refractivity contribution >= 4 is 21.7 Å². The van der Waals surface area contributed by atoms with Crippen molar-refractivity contribution in [1.82, 2.24) is 24.7 Å².